The van der Waals surface area contributed by atoms with E-state index in [9.17, 15) is 0 Å². The maximum atomic E-state index is 6.37. The van der Waals surface area contributed by atoms with Crippen LogP contribution in [0.1, 0.15) is 28.6 Å². The van der Waals surface area contributed by atoms with Gasteiger partial charge in [-0.3, -0.25) is 4.98 Å². The predicted molar refractivity (Wildman–Crippen MR) is 79.3 cm³/mol. The molecule has 0 saturated carbocycles. The number of rotatable bonds is 2. The summed E-state index contributed by atoms with van der Waals surface area (Å²) in [6, 6.07) is 11.9. The van der Waals surface area contributed by atoms with Crippen LogP contribution in [0.5, 0.6) is 0 Å². The fraction of sp³-hybridized carbons (Fsp3) is 0.188. The Balaban J connectivity index is 2.07. The number of nitrogens with zero attached hydrogens (tertiary/aromatic N) is 3. The third kappa shape index (κ3) is 2.26. The number of pyridine rings is 1. The van der Waals surface area contributed by atoms with Crippen molar-refractivity contribution < 1.29 is 0 Å². The summed E-state index contributed by atoms with van der Waals surface area (Å²) < 4.78 is 0. The van der Waals surface area contributed by atoms with Gasteiger partial charge in [-0.2, -0.15) is 10.2 Å². The normalized spacial score (nSPS) is 12.6. The Morgan fingerprint density at radius 1 is 1.05 bits per heavy atom. The molecule has 0 aliphatic heterocycles. The predicted octanol–water partition coefficient (Wildman–Crippen LogP) is 2.69. The topological polar surface area (TPSA) is 64.7 Å². The van der Waals surface area contributed by atoms with Gasteiger partial charge in [-0.25, -0.2) is 0 Å². The zero-order chi connectivity index (χ0) is 14.1. The van der Waals surface area contributed by atoms with Crippen LogP contribution in [0.2, 0.25) is 0 Å². The number of hydrogen-bond donors (Lipinski definition) is 1. The number of para-hydroxylation sites is 1. The number of aromatic nitrogens is 3. The Kier molecular flexibility index (Phi) is 3.16. The lowest BCUT2D eigenvalue weighted by molar-refractivity contribution is 0.811. The lowest BCUT2D eigenvalue weighted by Gasteiger charge is -2.15. The van der Waals surface area contributed by atoms with Crippen LogP contribution in [0.25, 0.3) is 10.9 Å². The molecule has 2 N–H and O–H groups in total. The van der Waals surface area contributed by atoms with E-state index < -0.39 is 0 Å². The van der Waals surface area contributed by atoms with E-state index in [1.807, 2.05) is 50.4 Å². The smallest absolute Gasteiger partial charge is 0.0702 e. The van der Waals surface area contributed by atoms with E-state index in [2.05, 4.69) is 21.2 Å². The average Bonchev–Trinajstić information content (AvgIpc) is 2.48. The molecule has 3 rings (SSSR count). The summed E-state index contributed by atoms with van der Waals surface area (Å²) in [6.07, 6.45) is 1.84. The minimum absolute atomic E-state index is 0.235. The second-order valence-corrected chi connectivity index (χ2v) is 4.97. The minimum atomic E-state index is -0.235. The SMILES string of the molecule is Cc1cc(C(N)c2cnc3ccccc3c2)c(C)nn1. The Morgan fingerprint density at radius 3 is 2.70 bits per heavy atom. The number of hydrogen-bond acceptors (Lipinski definition) is 4. The summed E-state index contributed by atoms with van der Waals surface area (Å²) in [5.74, 6) is 0. The standard InChI is InChI=1S/C16H16N4/c1-10-7-14(11(2)20-19-10)16(17)13-8-12-5-3-4-6-15(12)18-9-13/h3-9,16H,17H2,1-2H3. The molecule has 2 aromatic heterocycles. The van der Waals surface area contributed by atoms with Gasteiger partial charge >= 0.3 is 0 Å². The van der Waals surface area contributed by atoms with Crippen molar-refractivity contribution in [1.82, 2.24) is 15.2 Å². The molecular weight excluding hydrogens is 248 g/mol. The molecule has 1 atom stereocenters. The molecule has 0 aliphatic carbocycles. The highest BCUT2D eigenvalue weighted by atomic mass is 15.1. The minimum Gasteiger partial charge on any atom is -0.320 e. The maximum Gasteiger partial charge on any atom is 0.0702 e. The highest BCUT2D eigenvalue weighted by Crippen LogP contribution is 2.23. The third-order valence-corrected chi connectivity index (χ3v) is 3.45. The molecular formula is C16H16N4. The summed E-state index contributed by atoms with van der Waals surface area (Å²) in [4.78, 5) is 4.46. The van der Waals surface area contributed by atoms with Gasteiger partial charge in [-0.15, -0.1) is 0 Å². The van der Waals surface area contributed by atoms with Gasteiger partial charge in [0.05, 0.1) is 22.9 Å². The molecule has 1 unspecified atom stereocenters. The van der Waals surface area contributed by atoms with Crippen molar-refractivity contribution in [3.05, 3.63) is 65.1 Å². The van der Waals surface area contributed by atoms with E-state index in [0.29, 0.717) is 0 Å². The number of benzene rings is 1. The highest BCUT2D eigenvalue weighted by molar-refractivity contribution is 5.78. The van der Waals surface area contributed by atoms with Crippen LogP contribution < -0.4 is 5.73 Å². The summed E-state index contributed by atoms with van der Waals surface area (Å²) in [5.41, 5.74) is 11.1. The van der Waals surface area contributed by atoms with Gasteiger partial charge in [-0.05, 0) is 43.2 Å². The average molecular weight is 264 g/mol. The van der Waals surface area contributed by atoms with Crippen LogP contribution in [0, 0.1) is 13.8 Å². The molecule has 0 radical (unpaired) electrons. The van der Waals surface area contributed by atoms with Gasteiger partial charge in [0.2, 0.25) is 0 Å². The van der Waals surface area contributed by atoms with Gasteiger partial charge in [0.1, 0.15) is 0 Å². The van der Waals surface area contributed by atoms with E-state index in [1.54, 1.807) is 0 Å². The van der Waals surface area contributed by atoms with Crippen molar-refractivity contribution in [3.8, 4) is 0 Å². The summed E-state index contributed by atoms with van der Waals surface area (Å²) >= 11 is 0. The first-order valence-electron chi connectivity index (χ1n) is 6.56. The summed E-state index contributed by atoms with van der Waals surface area (Å²) in [7, 11) is 0. The summed E-state index contributed by atoms with van der Waals surface area (Å²) in [5, 5.41) is 9.28. The molecule has 3 aromatic rings. The molecule has 0 amide bonds. The Bertz CT molecular complexity index is 767. The molecule has 0 fully saturated rings. The highest BCUT2D eigenvalue weighted by Gasteiger charge is 2.14. The molecule has 1 aromatic carbocycles. The van der Waals surface area contributed by atoms with E-state index in [1.165, 1.54) is 0 Å². The number of fused-ring (bicyclic) bond motifs is 1. The molecule has 4 heteroatoms. The van der Waals surface area contributed by atoms with Crippen molar-refractivity contribution in [2.75, 3.05) is 0 Å². The Morgan fingerprint density at radius 2 is 1.85 bits per heavy atom. The van der Waals surface area contributed by atoms with E-state index in [-0.39, 0.29) is 6.04 Å². The first-order chi connectivity index (χ1) is 9.65. The Hall–Kier alpha value is -2.33. The van der Waals surface area contributed by atoms with Gasteiger partial charge < -0.3 is 5.73 Å². The molecule has 20 heavy (non-hydrogen) atoms. The van der Waals surface area contributed by atoms with Crippen molar-refractivity contribution in [1.29, 1.82) is 0 Å². The Labute approximate surface area is 117 Å². The largest absolute Gasteiger partial charge is 0.320 e. The van der Waals surface area contributed by atoms with Crippen LogP contribution in [0.4, 0.5) is 0 Å². The van der Waals surface area contributed by atoms with Crippen molar-refractivity contribution in [2.45, 2.75) is 19.9 Å². The molecule has 0 spiro atoms. The molecule has 0 aliphatic rings. The van der Waals surface area contributed by atoms with E-state index in [0.717, 1.165) is 33.4 Å². The zero-order valence-corrected chi connectivity index (χ0v) is 11.5. The summed E-state index contributed by atoms with van der Waals surface area (Å²) in [6.45, 7) is 3.84. The maximum absolute atomic E-state index is 6.37. The number of nitrogens with two attached hydrogens (primary N) is 1. The van der Waals surface area contributed by atoms with Crippen molar-refractivity contribution in [2.24, 2.45) is 5.73 Å². The first-order valence-corrected chi connectivity index (χ1v) is 6.56. The van der Waals surface area contributed by atoms with Gasteiger partial charge in [0, 0.05) is 11.6 Å². The fourth-order valence-corrected chi connectivity index (χ4v) is 2.32. The molecule has 2 heterocycles. The van der Waals surface area contributed by atoms with Gasteiger partial charge in [-0.1, -0.05) is 18.2 Å². The van der Waals surface area contributed by atoms with Crippen molar-refractivity contribution in [3.63, 3.8) is 0 Å². The lowest BCUT2D eigenvalue weighted by atomic mass is 9.98. The fourth-order valence-electron chi connectivity index (χ4n) is 2.32. The van der Waals surface area contributed by atoms with E-state index >= 15 is 0 Å². The molecule has 0 saturated heterocycles. The van der Waals surface area contributed by atoms with Crippen LogP contribution in [0.15, 0.2) is 42.6 Å². The molecule has 0 bridgehead atoms. The second kappa shape index (κ2) is 4.98. The number of aryl methyl sites for hydroxylation is 2. The van der Waals surface area contributed by atoms with Crippen LogP contribution >= 0.6 is 0 Å². The molecule has 4 nitrogen and oxygen atoms in total. The molecule has 100 valence electrons. The lowest BCUT2D eigenvalue weighted by Crippen LogP contribution is -2.15. The van der Waals surface area contributed by atoms with Crippen LogP contribution in [-0.4, -0.2) is 15.2 Å². The first kappa shape index (κ1) is 12.7. The van der Waals surface area contributed by atoms with Crippen LogP contribution in [0.3, 0.4) is 0 Å². The third-order valence-electron chi connectivity index (χ3n) is 3.45. The monoisotopic (exact) mass is 264 g/mol. The quantitative estimate of drug-likeness (QED) is 0.773. The second-order valence-electron chi connectivity index (χ2n) is 4.97. The zero-order valence-electron chi connectivity index (χ0n) is 11.5. The van der Waals surface area contributed by atoms with E-state index in [4.69, 9.17) is 5.73 Å². The van der Waals surface area contributed by atoms with Crippen molar-refractivity contribution >= 4 is 10.9 Å². The van der Waals surface area contributed by atoms with Gasteiger partial charge in [0.25, 0.3) is 0 Å². The van der Waals surface area contributed by atoms with Crippen LogP contribution in [-0.2, 0) is 0 Å². The van der Waals surface area contributed by atoms with Gasteiger partial charge in [0.15, 0.2) is 0 Å².